The summed E-state index contributed by atoms with van der Waals surface area (Å²) in [7, 11) is 0. The van der Waals surface area contributed by atoms with Crippen molar-refractivity contribution in [3.63, 3.8) is 0 Å². The van der Waals surface area contributed by atoms with E-state index in [1.54, 1.807) is 0 Å². The molecule has 142 valence electrons. The highest BCUT2D eigenvalue weighted by molar-refractivity contribution is 7.80. The maximum absolute atomic E-state index is 12.3. The molecule has 1 saturated heterocycles. The van der Waals surface area contributed by atoms with E-state index < -0.39 is 0 Å². The number of benzene rings is 2. The third-order valence-electron chi connectivity index (χ3n) is 4.78. The number of hydrogen-bond donors (Lipinski definition) is 2. The molecule has 0 radical (unpaired) electrons. The van der Waals surface area contributed by atoms with Gasteiger partial charge in [-0.1, -0.05) is 24.3 Å². The van der Waals surface area contributed by atoms with E-state index in [1.807, 2.05) is 41.3 Å². The first-order chi connectivity index (χ1) is 13.0. The zero-order chi connectivity index (χ0) is 19.2. The summed E-state index contributed by atoms with van der Waals surface area (Å²) in [6.45, 7) is 6.75. The van der Waals surface area contributed by atoms with Gasteiger partial charge in [-0.3, -0.25) is 4.79 Å². The van der Waals surface area contributed by atoms with E-state index in [2.05, 4.69) is 30.5 Å². The Kier molecular flexibility index (Phi) is 6.42. The summed E-state index contributed by atoms with van der Waals surface area (Å²) in [6, 6.07) is 13.9. The minimum Gasteiger partial charge on any atom is -0.378 e. The molecule has 1 aliphatic rings. The lowest BCUT2D eigenvalue weighted by Crippen LogP contribution is -2.41. The number of carbonyl (C=O) groups is 1. The standard InChI is InChI=1S/C21H25N3O2S/c1-15-4-3-5-19(16(15)2)23-21(27)22-18-8-6-17(7-9-18)14-20(25)24-10-12-26-13-11-24/h3-9H,10-14H2,1-2H3,(H2,22,23,27). The van der Waals surface area contributed by atoms with Crippen LogP contribution in [0.3, 0.4) is 0 Å². The second-order valence-electron chi connectivity index (χ2n) is 6.69. The van der Waals surface area contributed by atoms with Gasteiger partial charge in [0.15, 0.2) is 5.11 Å². The molecule has 0 saturated carbocycles. The number of anilines is 2. The molecular weight excluding hydrogens is 358 g/mol. The fourth-order valence-electron chi connectivity index (χ4n) is 2.98. The molecule has 1 fully saturated rings. The van der Waals surface area contributed by atoms with E-state index in [0.29, 0.717) is 37.8 Å². The van der Waals surface area contributed by atoms with Crippen LogP contribution in [0.4, 0.5) is 11.4 Å². The predicted molar refractivity (Wildman–Crippen MR) is 113 cm³/mol. The molecule has 0 unspecified atom stereocenters. The molecule has 2 aromatic rings. The fraction of sp³-hybridized carbons (Fsp3) is 0.333. The number of rotatable bonds is 4. The quantitative estimate of drug-likeness (QED) is 0.792. The summed E-state index contributed by atoms with van der Waals surface area (Å²) in [5.74, 6) is 0.145. The summed E-state index contributed by atoms with van der Waals surface area (Å²) in [5, 5.41) is 6.97. The Morgan fingerprint density at radius 1 is 1.07 bits per heavy atom. The summed E-state index contributed by atoms with van der Waals surface area (Å²) >= 11 is 5.41. The first-order valence-electron chi connectivity index (χ1n) is 9.11. The number of carbonyl (C=O) groups excluding carboxylic acids is 1. The Hall–Kier alpha value is -2.44. The Balaban J connectivity index is 1.54. The number of ether oxygens (including phenoxy) is 1. The minimum absolute atomic E-state index is 0.145. The second kappa shape index (κ2) is 8.97. The molecule has 27 heavy (non-hydrogen) atoms. The van der Waals surface area contributed by atoms with E-state index in [4.69, 9.17) is 17.0 Å². The summed E-state index contributed by atoms with van der Waals surface area (Å²) in [4.78, 5) is 14.2. The van der Waals surface area contributed by atoms with Gasteiger partial charge < -0.3 is 20.3 Å². The van der Waals surface area contributed by atoms with E-state index in [-0.39, 0.29) is 5.91 Å². The van der Waals surface area contributed by atoms with Crippen LogP contribution >= 0.6 is 12.2 Å². The van der Waals surface area contributed by atoms with Crippen LogP contribution in [0.15, 0.2) is 42.5 Å². The molecule has 0 atom stereocenters. The van der Waals surface area contributed by atoms with Crippen LogP contribution < -0.4 is 10.6 Å². The zero-order valence-electron chi connectivity index (χ0n) is 15.7. The molecule has 0 spiro atoms. The van der Waals surface area contributed by atoms with Gasteiger partial charge in [0.25, 0.3) is 0 Å². The Labute approximate surface area is 165 Å². The van der Waals surface area contributed by atoms with E-state index in [9.17, 15) is 4.79 Å². The van der Waals surface area contributed by atoms with Crippen molar-refractivity contribution in [1.29, 1.82) is 0 Å². The molecule has 2 aromatic carbocycles. The first-order valence-corrected chi connectivity index (χ1v) is 9.52. The maximum atomic E-state index is 12.3. The third-order valence-corrected chi connectivity index (χ3v) is 4.99. The predicted octanol–water partition coefficient (Wildman–Crippen LogP) is 3.51. The van der Waals surface area contributed by atoms with Crippen LogP contribution in [0.1, 0.15) is 16.7 Å². The summed E-state index contributed by atoms with van der Waals surface area (Å²) in [5.41, 5.74) is 5.28. The number of hydrogen-bond acceptors (Lipinski definition) is 3. The number of amides is 1. The number of nitrogens with one attached hydrogen (secondary N) is 2. The van der Waals surface area contributed by atoms with Gasteiger partial charge in [-0.25, -0.2) is 0 Å². The van der Waals surface area contributed by atoms with Gasteiger partial charge in [0, 0.05) is 24.5 Å². The molecule has 5 nitrogen and oxygen atoms in total. The Morgan fingerprint density at radius 2 is 1.78 bits per heavy atom. The molecule has 1 amide bonds. The van der Waals surface area contributed by atoms with Crippen molar-refractivity contribution in [2.24, 2.45) is 0 Å². The van der Waals surface area contributed by atoms with E-state index in [0.717, 1.165) is 16.9 Å². The van der Waals surface area contributed by atoms with Gasteiger partial charge in [-0.05, 0) is 61.0 Å². The molecule has 3 rings (SSSR count). The third kappa shape index (κ3) is 5.28. The van der Waals surface area contributed by atoms with Gasteiger partial charge >= 0.3 is 0 Å². The zero-order valence-corrected chi connectivity index (χ0v) is 16.6. The molecule has 2 N–H and O–H groups in total. The van der Waals surface area contributed by atoms with Gasteiger partial charge in [-0.15, -0.1) is 0 Å². The number of nitrogens with zero attached hydrogens (tertiary/aromatic N) is 1. The van der Waals surface area contributed by atoms with E-state index in [1.165, 1.54) is 11.1 Å². The molecule has 0 bridgehead atoms. The van der Waals surface area contributed by atoms with Gasteiger partial charge in [0.2, 0.25) is 5.91 Å². The first kappa shape index (κ1) is 19.3. The van der Waals surface area contributed by atoms with Crippen LogP contribution in [0.25, 0.3) is 0 Å². The maximum Gasteiger partial charge on any atom is 0.227 e. The lowest BCUT2D eigenvalue weighted by molar-refractivity contribution is -0.134. The SMILES string of the molecule is Cc1cccc(NC(=S)Nc2ccc(CC(=O)N3CCOCC3)cc2)c1C. The van der Waals surface area contributed by atoms with Crippen LogP contribution in [0.5, 0.6) is 0 Å². The van der Waals surface area contributed by atoms with Crippen LogP contribution in [-0.2, 0) is 16.0 Å². The second-order valence-corrected chi connectivity index (χ2v) is 7.10. The number of morpholine rings is 1. The van der Waals surface area contributed by atoms with Crippen LogP contribution in [0, 0.1) is 13.8 Å². The van der Waals surface area contributed by atoms with Crippen LogP contribution in [0.2, 0.25) is 0 Å². The molecule has 0 aromatic heterocycles. The number of thiocarbonyl (C=S) groups is 1. The lowest BCUT2D eigenvalue weighted by atomic mass is 10.1. The molecule has 0 aliphatic carbocycles. The van der Waals surface area contributed by atoms with E-state index >= 15 is 0 Å². The molecule has 6 heteroatoms. The smallest absolute Gasteiger partial charge is 0.227 e. The van der Waals surface area contributed by atoms with Crippen molar-refractivity contribution < 1.29 is 9.53 Å². The topological polar surface area (TPSA) is 53.6 Å². The highest BCUT2D eigenvalue weighted by Crippen LogP contribution is 2.19. The van der Waals surface area contributed by atoms with Crippen molar-refractivity contribution in [3.05, 3.63) is 59.2 Å². The summed E-state index contributed by atoms with van der Waals surface area (Å²) in [6.07, 6.45) is 0.408. The average molecular weight is 384 g/mol. The van der Waals surface area contributed by atoms with Crippen molar-refractivity contribution in [2.45, 2.75) is 20.3 Å². The fourth-order valence-corrected chi connectivity index (χ4v) is 3.20. The highest BCUT2D eigenvalue weighted by Gasteiger charge is 2.16. The van der Waals surface area contributed by atoms with Crippen molar-refractivity contribution >= 4 is 34.6 Å². The van der Waals surface area contributed by atoms with Crippen LogP contribution in [-0.4, -0.2) is 42.2 Å². The highest BCUT2D eigenvalue weighted by atomic mass is 32.1. The lowest BCUT2D eigenvalue weighted by Gasteiger charge is -2.26. The monoisotopic (exact) mass is 383 g/mol. The van der Waals surface area contributed by atoms with Crippen molar-refractivity contribution in [3.8, 4) is 0 Å². The normalized spacial score (nSPS) is 13.9. The van der Waals surface area contributed by atoms with Crippen molar-refractivity contribution in [1.82, 2.24) is 4.90 Å². The van der Waals surface area contributed by atoms with Gasteiger partial charge in [-0.2, -0.15) is 0 Å². The number of aryl methyl sites for hydroxylation is 1. The average Bonchev–Trinajstić information content (AvgIpc) is 2.67. The Morgan fingerprint density at radius 3 is 2.48 bits per heavy atom. The summed E-state index contributed by atoms with van der Waals surface area (Å²) < 4.78 is 5.29. The van der Waals surface area contributed by atoms with Gasteiger partial charge in [0.05, 0.1) is 19.6 Å². The molecule has 1 aliphatic heterocycles. The largest absolute Gasteiger partial charge is 0.378 e. The molecular formula is C21H25N3O2S. The Bertz CT molecular complexity index is 815. The van der Waals surface area contributed by atoms with Gasteiger partial charge in [0.1, 0.15) is 0 Å². The molecule has 1 heterocycles. The minimum atomic E-state index is 0.145. The van der Waals surface area contributed by atoms with Crippen molar-refractivity contribution in [2.75, 3.05) is 36.9 Å².